The first-order valence-corrected chi connectivity index (χ1v) is 6.46. The van der Waals surface area contributed by atoms with Gasteiger partial charge in [0.1, 0.15) is 0 Å². The highest BCUT2D eigenvalue weighted by Crippen LogP contribution is 2.21. The lowest BCUT2D eigenvalue weighted by molar-refractivity contribution is 0.637. The maximum atomic E-state index is 5.83. The molecule has 0 bridgehead atoms. The Hall–Kier alpha value is -1.02. The zero-order valence-corrected chi connectivity index (χ0v) is 11.8. The van der Waals surface area contributed by atoms with Crippen LogP contribution in [0, 0.1) is 12.8 Å². The van der Waals surface area contributed by atoms with Crippen molar-refractivity contribution in [1.82, 2.24) is 0 Å². The van der Waals surface area contributed by atoms with E-state index < -0.39 is 0 Å². The zero-order chi connectivity index (χ0) is 13.0. The third-order valence-corrected chi connectivity index (χ3v) is 2.87. The molecule has 0 spiro atoms. The molecule has 1 rings (SSSR count). The lowest BCUT2D eigenvalue weighted by Gasteiger charge is -2.24. The lowest BCUT2D eigenvalue weighted by atomic mass is 10.0. The van der Waals surface area contributed by atoms with E-state index in [0.29, 0.717) is 5.92 Å². The molecule has 0 aliphatic carbocycles. The number of nitrogens with two attached hydrogens (primary N) is 1. The van der Waals surface area contributed by atoms with Gasteiger partial charge in [0.05, 0.1) is 0 Å². The van der Waals surface area contributed by atoms with Gasteiger partial charge in [-0.1, -0.05) is 26.0 Å². The fraction of sp³-hybridized carbons (Fsp3) is 0.600. The van der Waals surface area contributed by atoms with Gasteiger partial charge in [0.25, 0.3) is 0 Å². The molecule has 0 radical (unpaired) electrons. The van der Waals surface area contributed by atoms with Crippen LogP contribution in [0.25, 0.3) is 0 Å². The van der Waals surface area contributed by atoms with Gasteiger partial charge in [-0.25, -0.2) is 0 Å². The Balaban J connectivity index is 2.82. The third-order valence-electron chi connectivity index (χ3n) is 2.87. The maximum Gasteiger partial charge on any atom is 0.0393 e. The summed E-state index contributed by atoms with van der Waals surface area (Å²) in [6.07, 6.45) is 0.953. The number of aryl methyl sites for hydroxylation is 1. The molecular weight excluding hydrogens is 208 g/mol. The van der Waals surface area contributed by atoms with Crippen LogP contribution in [-0.4, -0.2) is 19.6 Å². The highest BCUT2D eigenvalue weighted by Gasteiger charge is 2.07. The third kappa shape index (κ3) is 4.39. The summed E-state index contributed by atoms with van der Waals surface area (Å²) in [5.41, 5.74) is 9.83. The summed E-state index contributed by atoms with van der Waals surface area (Å²) in [5, 5.41) is 0. The number of hydrogen-bond donors (Lipinski definition) is 1. The van der Waals surface area contributed by atoms with Gasteiger partial charge in [-0.15, -0.1) is 0 Å². The predicted octanol–water partition coefficient (Wildman–Crippen LogP) is 2.98. The van der Waals surface area contributed by atoms with Crippen molar-refractivity contribution in [2.75, 3.05) is 18.5 Å². The second-order valence-corrected chi connectivity index (χ2v) is 5.58. The number of rotatable bonds is 5. The van der Waals surface area contributed by atoms with E-state index in [1.54, 1.807) is 0 Å². The molecule has 2 heteroatoms. The van der Waals surface area contributed by atoms with Gasteiger partial charge in [-0.2, -0.15) is 0 Å². The average Bonchev–Trinajstić information content (AvgIpc) is 2.14. The Kier molecular flexibility index (Phi) is 5.01. The Bertz CT molecular complexity index is 356. The van der Waals surface area contributed by atoms with E-state index in [1.165, 1.54) is 16.8 Å². The molecule has 0 aliphatic heterocycles. The molecule has 96 valence electrons. The van der Waals surface area contributed by atoms with Crippen molar-refractivity contribution in [2.45, 2.75) is 40.2 Å². The molecule has 0 aliphatic rings. The smallest absolute Gasteiger partial charge is 0.0393 e. The van der Waals surface area contributed by atoms with Crippen molar-refractivity contribution in [3.8, 4) is 0 Å². The Morgan fingerprint density at radius 2 is 1.88 bits per heavy atom. The van der Waals surface area contributed by atoms with Crippen molar-refractivity contribution < 1.29 is 0 Å². The molecule has 0 aromatic heterocycles. The van der Waals surface area contributed by atoms with Crippen LogP contribution in [0.5, 0.6) is 0 Å². The highest BCUT2D eigenvalue weighted by molar-refractivity contribution is 5.54. The predicted molar refractivity (Wildman–Crippen MR) is 76.6 cm³/mol. The molecule has 0 saturated heterocycles. The maximum absolute atomic E-state index is 5.83. The normalized spacial score (nSPS) is 12.9. The number of anilines is 1. The van der Waals surface area contributed by atoms with Crippen LogP contribution in [0.3, 0.4) is 0 Å². The molecule has 0 amide bonds. The van der Waals surface area contributed by atoms with Gasteiger partial charge in [0.15, 0.2) is 0 Å². The van der Waals surface area contributed by atoms with E-state index in [-0.39, 0.29) is 6.04 Å². The number of benzene rings is 1. The van der Waals surface area contributed by atoms with Crippen LogP contribution in [0.1, 0.15) is 31.9 Å². The molecule has 2 N–H and O–H groups in total. The van der Waals surface area contributed by atoms with Crippen molar-refractivity contribution in [3.63, 3.8) is 0 Å². The summed E-state index contributed by atoms with van der Waals surface area (Å²) in [6.45, 7) is 9.81. The molecule has 0 saturated carbocycles. The largest absolute Gasteiger partial charge is 0.374 e. The number of hydrogen-bond acceptors (Lipinski definition) is 2. The first-order chi connectivity index (χ1) is 7.90. The van der Waals surface area contributed by atoms with Crippen molar-refractivity contribution in [1.29, 1.82) is 0 Å². The van der Waals surface area contributed by atoms with Gasteiger partial charge in [0, 0.05) is 25.3 Å². The highest BCUT2D eigenvalue weighted by atomic mass is 15.1. The van der Waals surface area contributed by atoms with Crippen LogP contribution in [0.15, 0.2) is 18.2 Å². The van der Waals surface area contributed by atoms with Crippen molar-refractivity contribution in [2.24, 2.45) is 11.7 Å². The van der Waals surface area contributed by atoms with Crippen molar-refractivity contribution >= 4 is 5.69 Å². The van der Waals surface area contributed by atoms with E-state index in [4.69, 9.17) is 5.73 Å². The van der Waals surface area contributed by atoms with Crippen LogP contribution in [0.4, 0.5) is 5.69 Å². The zero-order valence-electron chi connectivity index (χ0n) is 11.8. The van der Waals surface area contributed by atoms with Crippen LogP contribution in [0.2, 0.25) is 0 Å². The average molecular weight is 234 g/mol. The van der Waals surface area contributed by atoms with Gasteiger partial charge in [-0.3, -0.25) is 0 Å². The first kappa shape index (κ1) is 14.0. The van der Waals surface area contributed by atoms with Gasteiger partial charge in [0.2, 0.25) is 0 Å². The second-order valence-electron chi connectivity index (χ2n) is 5.58. The van der Waals surface area contributed by atoms with Gasteiger partial charge in [-0.05, 0) is 43.4 Å². The van der Waals surface area contributed by atoms with Crippen LogP contribution in [-0.2, 0) is 6.42 Å². The summed E-state index contributed by atoms with van der Waals surface area (Å²) >= 11 is 0. The van der Waals surface area contributed by atoms with E-state index in [9.17, 15) is 0 Å². The topological polar surface area (TPSA) is 29.3 Å². The monoisotopic (exact) mass is 234 g/mol. The molecule has 0 heterocycles. The molecule has 0 fully saturated rings. The summed E-state index contributed by atoms with van der Waals surface area (Å²) in [6, 6.07) is 6.90. The fourth-order valence-corrected chi connectivity index (χ4v) is 2.29. The van der Waals surface area contributed by atoms with E-state index in [0.717, 1.165) is 13.0 Å². The van der Waals surface area contributed by atoms with Gasteiger partial charge < -0.3 is 10.6 Å². The van der Waals surface area contributed by atoms with Crippen LogP contribution < -0.4 is 10.6 Å². The first-order valence-electron chi connectivity index (χ1n) is 6.46. The SMILES string of the molecule is Cc1cc(CC(C)N)ccc1N(C)CC(C)C. The standard InChI is InChI=1S/C15H26N2/c1-11(2)10-17(5)15-7-6-14(8-12(15)3)9-13(4)16/h6-8,11,13H,9-10,16H2,1-5H3. The Labute approximate surface area is 106 Å². The summed E-state index contributed by atoms with van der Waals surface area (Å²) in [5.74, 6) is 0.683. The summed E-state index contributed by atoms with van der Waals surface area (Å²) < 4.78 is 0. The molecule has 2 nitrogen and oxygen atoms in total. The fourth-order valence-electron chi connectivity index (χ4n) is 2.29. The Morgan fingerprint density at radius 1 is 1.24 bits per heavy atom. The van der Waals surface area contributed by atoms with Crippen molar-refractivity contribution in [3.05, 3.63) is 29.3 Å². The number of nitrogens with zero attached hydrogens (tertiary/aromatic N) is 1. The van der Waals surface area contributed by atoms with E-state index in [1.807, 2.05) is 6.92 Å². The van der Waals surface area contributed by atoms with Gasteiger partial charge >= 0.3 is 0 Å². The quantitative estimate of drug-likeness (QED) is 0.848. The molecule has 1 unspecified atom stereocenters. The minimum atomic E-state index is 0.230. The Morgan fingerprint density at radius 3 is 2.35 bits per heavy atom. The minimum Gasteiger partial charge on any atom is -0.374 e. The minimum absolute atomic E-state index is 0.230. The molecule has 17 heavy (non-hydrogen) atoms. The second kappa shape index (κ2) is 6.06. The molecule has 1 aromatic rings. The summed E-state index contributed by atoms with van der Waals surface area (Å²) in [7, 11) is 2.16. The molecule has 1 aromatic carbocycles. The molecule has 1 atom stereocenters. The lowest BCUT2D eigenvalue weighted by Crippen LogP contribution is -2.23. The van der Waals surface area contributed by atoms with Crippen LogP contribution >= 0.6 is 0 Å². The molecular formula is C15H26N2. The van der Waals surface area contributed by atoms with E-state index >= 15 is 0 Å². The summed E-state index contributed by atoms with van der Waals surface area (Å²) in [4.78, 5) is 2.33. The van der Waals surface area contributed by atoms with E-state index in [2.05, 4.69) is 50.9 Å².